The lowest BCUT2D eigenvalue weighted by molar-refractivity contribution is -0.130. The Morgan fingerprint density at radius 3 is 1.24 bits per heavy atom. The van der Waals surface area contributed by atoms with E-state index in [-0.39, 0.29) is 22.6 Å². The Morgan fingerprint density at radius 1 is 0.549 bits per heavy atom. The zero-order valence-corrected chi connectivity index (χ0v) is 29.5. The molecule has 4 rings (SSSR count). The summed E-state index contributed by atoms with van der Waals surface area (Å²) in [7, 11) is 0. The fourth-order valence-electron chi connectivity index (χ4n) is 5.28. The molecule has 0 aromatic heterocycles. The van der Waals surface area contributed by atoms with Gasteiger partial charge in [-0.05, 0) is 123 Å². The summed E-state index contributed by atoms with van der Waals surface area (Å²) in [6.07, 6.45) is 5.10. The fraction of sp³-hybridized carbons (Fsp3) is 0.238. The third-order valence-corrected chi connectivity index (χ3v) is 7.87. The molecule has 0 fully saturated rings. The highest BCUT2D eigenvalue weighted by atomic mass is 16.5. The van der Waals surface area contributed by atoms with Gasteiger partial charge in [0.1, 0.15) is 46.3 Å². The van der Waals surface area contributed by atoms with Crippen LogP contribution in [0.1, 0.15) is 51.7 Å². The molecule has 0 aliphatic carbocycles. The van der Waals surface area contributed by atoms with Crippen LogP contribution in [-0.4, -0.2) is 38.1 Å². The standard InChI is InChI=1S/C42H42N4O5/c1-5-25-46(26-6-2)36-15-11-32(12-16-36)28-34(30-44)42(48)51-40-23-19-38(20-24-40)49-37-17-21-39(22-18-37)50-41(47)33(29-43)27-31-9-13-35(14-10-31)45(7-3)8-4/h9-24,27-28H,5-8,25-26H2,1-4H3. The van der Waals surface area contributed by atoms with Crippen molar-refractivity contribution < 1.29 is 23.8 Å². The summed E-state index contributed by atoms with van der Waals surface area (Å²) in [6, 6.07) is 32.0. The first-order valence-corrected chi connectivity index (χ1v) is 17.1. The average Bonchev–Trinajstić information content (AvgIpc) is 3.15. The van der Waals surface area contributed by atoms with Crippen LogP contribution in [0.25, 0.3) is 12.2 Å². The number of anilines is 2. The van der Waals surface area contributed by atoms with Gasteiger partial charge in [-0.15, -0.1) is 0 Å². The summed E-state index contributed by atoms with van der Waals surface area (Å²) in [6.45, 7) is 12.1. The maximum atomic E-state index is 12.8. The predicted molar refractivity (Wildman–Crippen MR) is 201 cm³/mol. The minimum absolute atomic E-state index is 0.121. The molecule has 0 aliphatic rings. The van der Waals surface area contributed by atoms with E-state index < -0.39 is 11.9 Å². The van der Waals surface area contributed by atoms with Gasteiger partial charge in [-0.1, -0.05) is 38.1 Å². The van der Waals surface area contributed by atoms with Gasteiger partial charge in [0, 0.05) is 37.6 Å². The number of nitriles is 2. The van der Waals surface area contributed by atoms with Crippen molar-refractivity contribution in [2.75, 3.05) is 36.0 Å². The number of carbonyl (C=O) groups is 2. The summed E-state index contributed by atoms with van der Waals surface area (Å²) >= 11 is 0. The summed E-state index contributed by atoms with van der Waals surface area (Å²) < 4.78 is 16.7. The number of carbonyl (C=O) groups excluding carboxylic acids is 2. The van der Waals surface area contributed by atoms with Gasteiger partial charge in [-0.2, -0.15) is 10.5 Å². The van der Waals surface area contributed by atoms with Gasteiger partial charge < -0.3 is 24.0 Å². The van der Waals surface area contributed by atoms with E-state index in [4.69, 9.17) is 14.2 Å². The molecule has 0 spiro atoms. The topological polar surface area (TPSA) is 116 Å². The van der Waals surface area contributed by atoms with Gasteiger partial charge in [0.25, 0.3) is 0 Å². The predicted octanol–water partition coefficient (Wildman–Crippen LogP) is 8.98. The van der Waals surface area contributed by atoms with Crippen LogP contribution in [0.5, 0.6) is 23.0 Å². The second kappa shape index (κ2) is 19.0. The van der Waals surface area contributed by atoms with E-state index in [1.54, 1.807) is 48.5 Å². The van der Waals surface area contributed by atoms with Crippen molar-refractivity contribution in [3.8, 4) is 35.1 Å². The van der Waals surface area contributed by atoms with Crippen molar-refractivity contribution in [1.29, 1.82) is 10.5 Å². The highest BCUT2D eigenvalue weighted by Gasteiger charge is 2.15. The van der Waals surface area contributed by atoms with Gasteiger partial charge in [0.2, 0.25) is 0 Å². The molecular weight excluding hydrogens is 640 g/mol. The van der Waals surface area contributed by atoms with Gasteiger partial charge in [-0.3, -0.25) is 0 Å². The Labute approximate surface area is 300 Å². The normalized spacial score (nSPS) is 11.2. The summed E-state index contributed by atoms with van der Waals surface area (Å²) in [4.78, 5) is 30.0. The lowest BCUT2D eigenvalue weighted by Gasteiger charge is -2.23. The number of hydrogen-bond donors (Lipinski definition) is 0. The number of nitrogens with zero attached hydrogens (tertiary/aromatic N) is 4. The van der Waals surface area contributed by atoms with Crippen LogP contribution >= 0.6 is 0 Å². The van der Waals surface area contributed by atoms with Gasteiger partial charge >= 0.3 is 11.9 Å². The molecule has 0 radical (unpaired) electrons. The van der Waals surface area contributed by atoms with Crippen molar-refractivity contribution in [2.24, 2.45) is 0 Å². The third-order valence-electron chi connectivity index (χ3n) is 7.87. The van der Waals surface area contributed by atoms with Crippen molar-refractivity contribution in [1.82, 2.24) is 0 Å². The van der Waals surface area contributed by atoms with Crippen molar-refractivity contribution >= 4 is 35.5 Å². The molecule has 0 aliphatic heterocycles. The summed E-state index contributed by atoms with van der Waals surface area (Å²) in [5, 5.41) is 19.2. The molecule has 4 aromatic carbocycles. The Kier molecular flexibility index (Phi) is 14.0. The van der Waals surface area contributed by atoms with Gasteiger partial charge in [-0.25, -0.2) is 9.59 Å². The monoisotopic (exact) mass is 682 g/mol. The van der Waals surface area contributed by atoms with E-state index in [1.807, 2.05) is 60.7 Å². The first kappa shape index (κ1) is 37.5. The number of benzene rings is 4. The van der Waals surface area contributed by atoms with Crippen molar-refractivity contribution in [3.63, 3.8) is 0 Å². The summed E-state index contributed by atoms with van der Waals surface area (Å²) in [5.41, 5.74) is 3.36. The van der Waals surface area contributed by atoms with Crippen LogP contribution in [0.3, 0.4) is 0 Å². The molecule has 0 unspecified atom stereocenters. The van der Waals surface area contributed by atoms with Crippen LogP contribution in [-0.2, 0) is 9.59 Å². The Hall–Kier alpha value is -6.32. The number of hydrogen-bond acceptors (Lipinski definition) is 9. The molecule has 0 amide bonds. The average molecular weight is 683 g/mol. The van der Waals surface area contributed by atoms with E-state index in [1.165, 1.54) is 12.2 Å². The first-order chi connectivity index (χ1) is 24.8. The van der Waals surface area contributed by atoms with Crippen LogP contribution in [0.15, 0.2) is 108 Å². The molecule has 9 heteroatoms. The molecule has 0 saturated heterocycles. The smallest absolute Gasteiger partial charge is 0.354 e. The summed E-state index contributed by atoms with van der Waals surface area (Å²) in [5.74, 6) is -0.0872. The van der Waals surface area contributed by atoms with Crippen LogP contribution in [0, 0.1) is 22.7 Å². The van der Waals surface area contributed by atoms with E-state index in [2.05, 4.69) is 37.5 Å². The SMILES string of the molecule is CCCN(CCC)c1ccc(C=C(C#N)C(=O)Oc2ccc(Oc3ccc(OC(=O)C(C#N)=Cc4ccc(N(CC)CC)cc4)cc3)cc2)cc1. The van der Waals surface area contributed by atoms with Crippen LogP contribution in [0.4, 0.5) is 11.4 Å². The van der Waals surface area contributed by atoms with Gasteiger partial charge in [0.15, 0.2) is 0 Å². The molecule has 4 aromatic rings. The Balaban J connectivity index is 1.32. The Bertz CT molecular complexity index is 1890. The zero-order chi connectivity index (χ0) is 36.6. The largest absolute Gasteiger partial charge is 0.457 e. The molecule has 51 heavy (non-hydrogen) atoms. The number of rotatable bonds is 16. The lowest BCUT2D eigenvalue weighted by Crippen LogP contribution is -2.24. The molecular formula is C42H42N4O5. The third kappa shape index (κ3) is 10.8. The number of ether oxygens (including phenoxy) is 3. The van der Waals surface area contributed by atoms with E-state index in [0.717, 1.165) is 56.0 Å². The van der Waals surface area contributed by atoms with Gasteiger partial charge in [0.05, 0.1) is 0 Å². The second-order valence-electron chi connectivity index (χ2n) is 11.5. The minimum atomic E-state index is -0.766. The molecule has 0 heterocycles. The maximum absolute atomic E-state index is 12.8. The molecule has 0 saturated carbocycles. The van der Waals surface area contributed by atoms with E-state index in [9.17, 15) is 20.1 Å². The molecule has 9 nitrogen and oxygen atoms in total. The van der Waals surface area contributed by atoms with Crippen molar-refractivity contribution in [3.05, 3.63) is 119 Å². The van der Waals surface area contributed by atoms with E-state index in [0.29, 0.717) is 17.1 Å². The quantitative estimate of drug-likeness (QED) is 0.0494. The molecule has 0 bridgehead atoms. The number of esters is 2. The van der Waals surface area contributed by atoms with Crippen LogP contribution < -0.4 is 24.0 Å². The maximum Gasteiger partial charge on any atom is 0.354 e. The first-order valence-electron chi connectivity index (χ1n) is 17.1. The minimum Gasteiger partial charge on any atom is -0.457 e. The lowest BCUT2D eigenvalue weighted by atomic mass is 10.1. The zero-order valence-electron chi connectivity index (χ0n) is 29.5. The molecule has 0 atom stereocenters. The van der Waals surface area contributed by atoms with Crippen LogP contribution in [0.2, 0.25) is 0 Å². The Morgan fingerprint density at radius 2 is 0.902 bits per heavy atom. The highest BCUT2D eigenvalue weighted by Crippen LogP contribution is 2.27. The fourth-order valence-corrected chi connectivity index (χ4v) is 5.28. The van der Waals surface area contributed by atoms with E-state index >= 15 is 0 Å². The van der Waals surface area contributed by atoms with Crippen molar-refractivity contribution in [2.45, 2.75) is 40.5 Å². The molecule has 260 valence electrons. The highest BCUT2D eigenvalue weighted by molar-refractivity contribution is 5.99. The second-order valence-corrected chi connectivity index (χ2v) is 11.5. The molecule has 0 N–H and O–H groups in total.